The number of likely N-dealkylation sites (N-methyl/N-ethyl adjacent to an activating group) is 1. The normalized spacial score (nSPS) is 16.1. The molecule has 0 aromatic heterocycles. The molecule has 0 bridgehead atoms. The number of hydrogen-bond donors (Lipinski definition) is 2. The first-order valence-electron chi connectivity index (χ1n) is 12.0. The number of ether oxygens (including phenoxy) is 1. The van der Waals surface area contributed by atoms with Crippen LogP contribution < -0.4 is 4.74 Å². The maximum absolute atomic E-state index is 9.97. The fourth-order valence-corrected chi connectivity index (χ4v) is 4.94. The van der Waals surface area contributed by atoms with Crippen LogP contribution in [0, 0.1) is 0 Å². The van der Waals surface area contributed by atoms with Crippen LogP contribution in [0.3, 0.4) is 0 Å². The number of likely N-dealkylation sites (tertiary alicyclic amines) is 1. The van der Waals surface area contributed by atoms with Gasteiger partial charge in [0.2, 0.25) is 0 Å². The Hall–Kier alpha value is -3.21. The van der Waals surface area contributed by atoms with Crippen molar-refractivity contribution in [2.75, 3.05) is 20.2 Å². The molecule has 1 fully saturated rings. The monoisotopic (exact) mass is 489 g/mol. The number of aromatic hydroxyl groups is 2. The molecule has 5 rings (SSSR count). The third-order valence-corrected chi connectivity index (χ3v) is 6.96. The second kappa shape index (κ2) is 11.0. The van der Waals surface area contributed by atoms with E-state index in [-0.39, 0.29) is 23.9 Å². The van der Waals surface area contributed by atoms with E-state index in [1.807, 2.05) is 24.3 Å². The summed E-state index contributed by atoms with van der Waals surface area (Å²) in [5, 5.41) is 21.8. The topological polar surface area (TPSA) is 52.9 Å². The SMILES string of the molecule is CN1CCCCC1COc1ccc(Cc2c(-c3ccc(O)cc3)ccc3cc(O)ccc23)cc1.Cl. The summed E-state index contributed by atoms with van der Waals surface area (Å²) in [5.74, 6) is 1.43. The van der Waals surface area contributed by atoms with Gasteiger partial charge < -0.3 is 19.8 Å². The van der Waals surface area contributed by atoms with Gasteiger partial charge in [0.05, 0.1) is 0 Å². The van der Waals surface area contributed by atoms with E-state index < -0.39 is 0 Å². The Balaban J connectivity index is 0.00000289. The Bertz CT molecular complexity index is 1270. The first-order chi connectivity index (χ1) is 16.6. The second-order valence-corrected chi connectivity index (χ2v) is 9.31. The molecule has 182 valence electrons. The fourth-order valence-electron chi connectivity index (χ4n) is 4.94. The summed E-state index contributed by atoms with van der Waals surface area (Å²) in [5.41, 5.74) is 4.57. The minimum absolute atomic E-state index is 0. The molecule has 1 atom stereocenters. The highest BCUT2D eigenvalue weighted by Crippen LogP contribution is 2.34. The van der Waals surface area contributed by atoms with Gasteiger partial charge in [-0.25, -0.2) is 0 Å². The predicted octanol–water partition coefficient (Wildman–Crippen LogP) is 6.79. The van der Waals surface area contributed by atoms with Crippen molar-refractivity contribution in [3.63, 3.8) is 0 Å². The molecule has 0 amide bonds. The average Bonchev–Trinajstić information content (AvgIpc) is 2.85. The molecule has 4 nitrogen and oxygen atoms in total. The van der Waals surface area contributed by atoms with Gasteiger partial charge in [0.25, 0.3) is 0 Å². The van der Waals surface area contributed by atoms with E-state index in [0.717, 1.165) is 47.2 Å². The van der Waals surface area contributed by atoms with Crippen molar-refractivity contribution < 1.29 is 14.9 Å². The maximum atomic E-state index is 9.97. The zero-order chi connectivity index (χ0) is 23.5. The van der Waals surface area contributed by atoms with Crippen LogP contribution in [-0.2, 0) is 6.42 Å². The van der Waals surface area contributed by atoms with Crippen LogP contribution in [-0.4, -0.2) is 41.4 Å². The zero-order valence-electron chi connectivity index (χ0n) is 20.0. The van der Waals surface area contributed by atoms with Gasteiger partial charge in [-0.1, -0.05) is 48.9 Å². The molecule has 4 aromatic carbocycles. The first kappa shape index (κ1) is 24.9. The van der Waals surface area contributed by atoms with Gasteiger partial charge in [-0.2, -0.15) is 0 Å². The second-order valence-electron chi connectivity index (χ2n) is 9.31. The highest BCUT2D eigenvalue weighted by Gasteiger charge is 2.19. The quantitative estimate of drug-likeness (QED) is 0.313. The van der Waals surface area contributed by atoms with Crippen LogP contribution in [0.1, 0.15) is 30.4 Å². The molecule has 0 radical (unpaired) electrons. The Labute approximate surface area is 213 Å². The van der Waals surface area contributed by atoms with E-state index in [4.69, 9.17) is 4.74 Å². The summed E-state index contributed by atoms with van der Waals surface area (Å²) < 4.78 is 6.12. The van der Waals surface area contributed by atoms with E-state index in [1.54, 1.807) is 24.3 Å². The van der Waals surface area contributed by atoms with Crippen molar-refractivity contribution in [3.8, 4) is 28.4 Å². The fraction of sp³-hybridized carbons (Fsp3) is 0.267. The van der Waals surface area contributed by atoms with Crippen LogP contribution in [0.15, 0.2) is 78.9 Å². The van der Waals surface area contributed by atoms with Crippen LogP contribution in [0.25, 0.3) is 21.9 Å². The van der Waals surface area contributed by atoms with E-state index in [9.17, 15) is 10.2 Å². The number of piperidine rings is 1. The van der Waals surface area contributed by atoms with Crippen molar-refractivity contribution in [1.29, 1.82) is 0 Å². The third kappa shape index (κ3) is 5.72. The Morgan fingerprint density at radius 3 is 2.34 bits per heavy atom. The molecule has 1 aliphatic heterocycles. The molecular weight excluding hydrogens is 458 g/mol. The van der Waals surface area contributed by atoms with Crippen molar-refractivity contribution in [2.45, 2.75) is 31.7 Å². The smallest absolute Gasteiger partial charge is 0.119 e. The van der Waals surface area contributed by atoms with Crippen molar-refractivity contribution in [3.05, 3.63) is 90.0 Å². The average molecular weight is 490 g/mol. The van der Waals surface area contributed by atoms with Crippen molar-refractivity contribution in [2.24, 2.45) is 0 Å². The largest absolute Gasteiger partial charge is 0.508 e. The van der Waals surface area contributed by atoms with Crippen LogP contribution in [0.2, 0.25) is 0 Å². The van der Waals surface area contributed by atoms with Crippen molar-refractivity contribution in [1.82, 2.24) is 4.90 Å². The number of nitrogens with zero attached hydrogens (tertiary/aromatic N) is 1. The third-order valence-electron chi connectivity index (χ3n) is 6.96. The molecule has 0 aliphatic carbocycles. The summed E-state index contributed by atoms with van der Waals surface area (Å²) in [4.78, 5) is 2.40. The maximum Gasteiger partial charge on any atom is 0.119 e. The Morgan fingerprint density at radius 1 is 0.857 bits per heavy atom. The minimum Gasteiger partial charge on any atom is -0.508 e. The van der Waals surface area contributed by atoms with Gasteiger partial charge in [0, 0.05) is 6.04 Å². The highest BCUT2D eigenvalue weighted by atomic mass is 35.5. The summed E-state index contributed by atoms with van der Waals surface area (Å²) in [6, 6.07) is 25.9. The molecule has 1 aliphatic rings. The standard InChI is InChI=1S/C30H31NO3.ClH/c1-31-17-3-2-4-24(31)20-34-27-13-5-21(6-14-27)18-30-28(22-7-10-25(32)11-8-22)15-9-23-19-26(33)12-16-29(23)30;/h5-16,19,24,32-33H,2-4,17-18,20H2,1H3;1H. The first-order valence-corrected chi connectivity index (χ1v) is 12.0. The van der Waals surface area contributed by atoms with Crippen LogP contribution >= 0.6 is 12.4 Å². The molecule has 1 heterocycles. The number of benzene rings is 4. The molecule has 0 spiro atoms. The minimum atomic E-state index is 0. The lowest BCUT2D eigenvalue weighted by Gasteiger charge is -2.32. The number of rotatable bonds is 6. The molecule has 2 N–H and O–H groups in total. The number of halogens is 1. The lowest BCUT2D eigenvalue weighted by molar-refractivity contribution is 0.125. The van der Waals surface area contributed by atoms with Gasteiger partial charge in [0.1, 0.15) is 23.9 Å². The molecule has 5 heteroatoms. The summed E-state index contributed by atoms with van der Waals surface area (Å²) in [6.45, 7) is 1.88. The van der Waals surface area contributed by atoms with E-state index in [2.05, 4.69) is 42.3 Å². The van der Waals surface area contributed by atoms with E-state index in [0.29, 0.717) is 6.04 Å². The van der Waals surface area contributed by atoms with Crippen LogP contribution in [0.4, 0.5) is 0 Å². The predicted molar refractivity (Wildman–Crippen MR) is 145 cm³/mol. The molecule has 1 saturated heterocycles. The summed E-state index contributed by atoms with van der Waals surface area (Å²) >= 11 is 0. The molecular formula is C30H32ClNO3. The zero-order valence-corrected chi connectivity index (χ0v) is 20.8. The molecule has 4 aromatic rings. The lowest BCUT2D eigenvalue weighted by Crippen LogP contribution is -2.40. The van der Waals surface area contributed by atoms with Crippen LogP contribution in [0.5, 0.6) is 17.2 Å². The molecule has 0 saturated carbocycles. The van der Waals surface area contributed by atoms with E-state index in [1.165, 1.54) is 30.4 Å². The number of phenols is 2. The van der Waals surface area contributed by atoms with Gasteiger partial charge in [-0.15, -0.1) is 12.4 Å². The van der Waals surface area contributed by atoms with E-state index >= 15 is 0 Å². The molecule has 1 unspecified atom stereocenters. The van der Waals surface area contributed by atoms with Gasteiger partial charge in [-0.05, 0) is 102 Å². The van der Waals surface area contributed by atoms with Gasteiger partial charge in [0.15, 0.2) is 0 Å². The molecule has 35 heavy (non-hydrogen) atoms. The number of hydrogen-bond acceptors (Lipinski definition) is 4. The Kier molecular flexibility index (Phi) is 7.84. The van der Waals surface area contributed by atoms with Gasteiger partial charge in [-0.3, -0.25) is 0 Å². The number of fused-ring (bicyclic) bond motifs is 1. The summed E-state index contributed by atoms with van der Waals surface area (Å²) in [7, 11) is 2.19. The number of phenolic OH excluding ortho intramolecular Hbond substituents is 2. The summed E-state index contributed by atoms with van der Waals surface area (Å²) in [6.07, 6.45) is 4.51. The highest BCUT2D eigenvalue weighted by molar-refractivity contribution is 5.93. The Morgan fingerprint density at radius 2 is 1.60 bits per heavy atom. The van der Waals surface area contributed by atoms with Gasteiger partial charge >= 0.3 is 0 Å². The van der Waals surface area contributed by atoms with Crippen molar-refractivity contribution >= 4 is 23.2 Å². The lowest BCUT2D eigenvalue weighted by atomic mass is 9.90.